The lowest BCUT2D eigenvalue weighted by Gasteiger charge is -2.41. The maximum Gasteiger partial charge on any atom is 0.286 e. The molecule has 2 aliphatic rings. The molecule has 1 amide bonds. The highest BCUT2D eigenvalue weighted by atomic mass is 19.3. The number of halogens is 2. The molecule has 2 aromatic heterocycles. The normalized spacial score (nSPS) is 16.6. The predicted molar refractivity (Wildman–Crippen MR) is 102 cm³/mol. The average molecular weight is 403 g/mol. The monoisotopic (exact) mass is 403 g/mol. The molecule has 2 aliphatic heterocycles. The molecule has 1 saturated heterocycles. The second-order valence-electron chi connectivity index (χ2n) is 7.72. The van der Waals surface area contributed by atoms with Crippen LogP contribution >= 0.6 is 0 Å². The van der Waals surface area contributed by atoms with Crippen LogP contribution in [0.3, 0.4) is 0 Å². The number of nitrogens with zero attached hydrogens (tertiary/aromatic N) is 5. The maximum atomic E-state index is 13.3. The van der Waals surface area contributed by atoms with E-state index in [0.717, 1.165) is 23.9 Å². The molecule has 0 saturated carbocycles. The number of hydrogen-bond donors (Lipinski definition) is 0. The molecule has 0 radical (unpaired) electrons. The van der Waals surface area contributed by atoms with Gasteiger partial charge in [-0.3, -0.25) is 9.78 Å². The number of aryl methyl sites for hydroxylation is 1. The minimum absolute atomic E-state index is 0.0754. The summed E-state index contributed by atoms with van der Waals surface area (Å²) in [7, 11) is 1.57. The first kappa shape index (κ1) is 19.5. The number of alkyl halides is 2. The van der Waals surface area contributed by atoms with E-state index in [1.54, 1.807) is 25.0 Å². The van der Waals surface area contributed by atoms with Crippen LogP contribution in [0.1, 0.15) is 36.1 Å². The fraction of sp³-hybridized carbons (Fsp3) is 0.500. The summed E-state index contributed by atoms with van der Waals surface area (Å²) in [5.41, 5.74) is 2.28. The molecular weight excluding hydrogens is 380 g/mol. The van der Waals surface area contributed by atoms with E-state index in [9.17, 15) is 13.6 Å². The third kappa shape index (κ3) is 3.86. The van der Waals surface area contributed by atoms with Crippen molar-refractivity contribution in [3.05, 3.63) is 41.1 Å². The summed E-state index contributed by atoms with van der Waals surface area (Å²) < 4.78 is 31.9. The molecule has 0 atom stereocenters. The highest BCUT2D eigenvalue weighted by Crippen LogP contribution is 2.32. The van der Waals surface area contributed by atoms with Gasteiger partial charge >= 0.3 is 0 Å². The number of aromatic nitrogens is 3. The Morgan fingerprint density at radius 1 is 1.28 bits per heavy atom. The van der Waals surface area contributed by atoms with Gasteiger partial charge in [0.2, 0.25) is 11.8 Å². The van der Waals surface area contributed by atoms with Crippen molar-refractivity contribution in [1.82, 2.24) is 19.9 Å². The van der Waals surface area contributed by atoms with Crippen LogP contribution in [-0.4, -0.2) is 46.0 Å². The van der Waals surface area contributed by atoms with Crippen molar-refractivity contribution in [3.8, 4) is 5.88 Å². The van der Waals surface area contributed by atoms with Gasteiger partial charge in [-0.2, -0.15) is 13.8 Å². The number of carbonyl (C=O) groups excluding carboxylic acids is 1. The van der Waals surface area contributed by atoms with Gasteiger partial charge in [-0.05, 0) is 19.1 Å². The molecule has 0 aliphatic carbocycles. The lowest BCUT2D eigenvalue weighted by atomic mass is 9.95. The van der Waals surface area contributed by atoms with E-state index in [4.69, 9.17) is 4.74 Å². The van der Waals surface area contributed by atoms with Crippen molar-refractivity contribution in [3.63, 3.8) is 0 Å². The second-order valence-corrected chi connectivity index (χ2v) is 7.72. The molecule has 29 heavy (non-hydrogen) atoms. The Bertz CT molecular complexity index is 924. The van der Waals surface area contributed by atoms with E-state index in [-0.39, 0.29) is 17.5 Å². The predicted octanol–water partition coefficient (Wildman–Crippen LogP) is 2.67. The largest absolute Gasteiger partial charge is 0.481 e. The summed E-state index contributed by atoms with van der Waals surface area (Å²) in [6.45, 7) is 4.99. The quantitative estimate of drug-likeness (QED) is 0.765. The third-order valence-electron chi connectivity index (χ3n) is 5.39. The topological polar surface area (TPSA) is 71.5 Å². The van der Waals surface area contributed by atoms with Crippen molar-refractivity contribution in [2.24, 2.45) is 5.92 Å². The summed E-state index contributed by atoms with van der Waals surface area (Å²) in [5.74, 6) is -1.47. The molecule has 0 N–H and O–H groups in total. The highest BCUT2D eigenvalue weighted by Gasteiger charge is 2.34. The van der Waals surface area contributed by atoms with Crippen LogP contribution in [0.2, 0.25) is 0 Å². The van der Waals surface area contributed by atoms with Crippen LogP contribution in [0.15, 0.2) is 18.3 Å². The number of rotatable bonds is 5. The number of fused-ring (bicyclic) bond motifs is 1. The van der Waals surface area contributed by atoms with Crippen molar-refractivity contribution >= 4 is 11.6 Å². The van der Waals surface area contributed by atoms with Crippen LogP contribution in [-0.2, 0) is 23.8 Å². The first-order chi connectivity index (χ1) is 13.7. The Hall–Kier alpha value is -2.84. The van der Waals surface area contributed by atoms with Crippen LogP contribution < -0.4 is 9.64 Å². The van der Waals surface area contributed by atoms with Crippen LogP contribution in [0.5, 0.6) is 5.88 Å². The van der Waals surface area contributed by atoms with Crippen molar-refractivity contribution in [1.29, 1.82) is 0 Å². The number of ether oxygens (including phenoxy) is 1. The Balaban J connectivity index is 1.31. The molecule has 0 aromatic carbocycles. The smallest absolute Gasteiger partial charge is 0.286 e. The second kappa shape index (κ2) is 7.20. The fourth-order valence-electron chi connectivity index (χ4n) is 3.81. The van der Waals surface area contributed by atoms with Gasteiger partial charge in [-0.15, -0.1) is 0 Å². The molecule has 1 fully saturated rings. The Morgan fingerprint density at radius 2 is 2.03 bits per heavy atom. The van der Waals surface area contributed by atoms with Gasteiger partial charge in [0.1, 0.15) is 11.5 Å². The summed E-state index contributed by atoms with van der Waals surface area (Å²) in [4.78, 5) is 29.1. The number of amides is 1. The van der Waals surface area contributed by atoms with Crippen molar-refractivity contribution in [2.75, 3.05) is 25.1 Å². The van der Waals surface area contributed by atoms with Gasteiger partial charge in [0.25, 0.3) is 5.92 Å². The summed E-state index contributed by atoms with van der Waals surface area (Å²) in [5, 5.41) is 0. The molecule has 4 rings (SSSR count). The van der Waals surface area contributed by atoms with Gasteiger partial charge in [0.15, 0.2) is 0 Å². The lowest BCUT2D eigenvalue weighted by Crippen LogP contribution is -2.48. The van der Waals surface area contributed by atoms with Gasteiger partial charge in [0.05, 0.1) is 43.3 Å². The van der Waals surface area contributed by atoms with Gasteiger partial charge in [-0.1, -0.05) is 0 Å². The molecular formula is C20H23F2N5O2. The highest BCUT2D eigenvalue weighted by molar-refractivity contribution is 5.77. The van der Waals surface area contributed by atoms with E-state index >= 15 is 0 Å². The number of methoxy groups -OCH3 is 1. The van der Waals surface area contributed by atoms with E-state index in [1.165, 1.54) is 12.3 Å². The zero-order valence-corrected chi connectivity index (χ0v) is 16.7. The molecule has 9 heteroatoms. The van der Waals surface area contributed by atoms with Gasteiger partial charge in [-0.25, -0.2) is 4.98 Å². The van der Waals surface area contributed by atoms with Crippen LogP contribution in [0.25, 0.3) is 0 Å². The Labute approximate surface area is 167 Å². The van der Waals surface area contributed by atoms with E-state index < -0.39 is 5.92 Å². The molecule has 0 spiro atoms. The zero-order chi connectivity index (χ0) is 20.8. The van der Waals surface area contributed by atoms with E-state index in [1.807, 2.05) is 4.90 Å². The number of anilines is 1. The average Bonchev–Trinajstić information content (AvgIpc) is 3.07. The lowest BCUT2D eigenvalue weighted by molar-refractivity contribution is -0.133. The summed E-state index contributed by atoms with van der Waals surface area (Å²) in [6, 6.07) is 3.01. The van der Waals surface area contributed by atoms with Crippen LogP contribution in [0.4, 0.5) is 14.5 Å². The molecule has 4 heterocycles. The third-order valence-corrected chi connectivity index (χ3v) is 5.39. The van der Waals surface area contributed by atoms with E-state index in [0.29, 0.717) is 44.3 Å². The number of pyridine rings is 1. The zero-order valence-electron chi connectivity index (χ0n) is 16.7. The number of carbonyl (C=O) groups is 1. The maximum absolute atomic E-state index is 13.3. The van der Waals surface area contributed by atoms with Gasteiger partial charge in [0, 0.05) is 32.4 Å². The number of hydrogen-bond acceptors (Lipinski definition) is 6. The molecule has 0 bridgehead atoms. The summed E-state index contributed by atoms with van der Waals surface area (Å²) in [6.07, 6.45) is 1.91. The van der Waals surface area contributed by atoms with E-state index in [2.05, 4.69) is 15.0 Å². The fourth-order valence-corrected chi connectivity index (χ4v) is 3.81. The van der Waals surface area contributed by atoms with Gasteiger partial charge < -0.3 is 14.5 Å². The first-order valence-electron chi connectivity index (χ1n) is 9.52. The minimum Gasteiger partial charge on any atom is -0.481 e. The molecule has 2 aromatic rings. The summed E-state index contributed by atoms with van der Waals surface area (Å²) >= 11 is 0. The SMILES string of the molecule is COc1nc(C)nc2c1CN(C(=O)CC1CN(c3ccc(C(C)(F)F)nc3)C1)C2. The Kier molecular flexibility index (Phi) is 4.84. The molecule has 154 valence electrons. The van der Waals surface area contributed by atoms with Crippen molar-refractivity contribution in [2.45, 2.75) is 39.3 Å². The van der Waals surface area contributed by atoms with Crippen molar-refractivity contribution < 1.29 is 18.3 Å². The first-order valence-corrected chi connectivity index (χ1v) is 9.52. The molecule has 7 nitrogen and oxygen atoms in total. The standard InChI is InChI=1S/C20H23F2N5O2/c1-12-24-16-11-27(10-15(16)19(25-12)29-3)18(28)6-13-8-26(9-13)14-4-5-17(23-7-14)20(2,21)22/h4-5,7,13H,6,8-11H2,1-3H3. The Morgan fingerprint density at radius 3 is 2.66 bits per heavy atom. The van der Waals surface area contributed by atoms with Crippen LogP contribution in [0, 0.1) is 12.8 Å². The molecule has 0 unspecified atom stereocenters. The minimum atomic E-state index is -2.94.